The minimum absolute atomic E-state index is 0.0871. The Hall–Kier alpha value is -1.02. The molecule has 0 aromatic heterocycles. The summed E-state index contributed by atoms with van der Waals surface area (Å²) in [5.41, 5.74) is 5.75. The monoisotopic (exact) mass is 306 g/mol. The fourth-order valence-electron chi connectivity index (χ4n) is 2.15. The Labute approximate surface area is 116 Å². The molecule has 5 N–H and O–H groups in total. The van der Waals surface area contributed by atoms with Crippen LogP contribution in [-0.4, -0.2) is 44.4 Å². The molecule has 0 aromatic rings. The molecular weight excluding hydrogens is 287 g/mol. The molecule has 8 nitrogen and oxygen atoms in total. The summed E-state index contributed by atoms with van der Waals surface area (Å²) < 4.78 is 10.2. The van der Waals surface area contributed by atoms with Crippen molar-refractivity contribution in [1.82, 2.24) is 4.90 Å². The van der Waals surface area contributed by atoms with Crippen LogP contribution in [0.4, 0.5) is 0 Å². The number of nitrogens with zero attached hydrogens (tertiary/aromatic N) is 1. The molecule has 0 aliphatic carbocycles. The Morgan fingerprint density at radius 2 is 2.25 bits per heavy atom. The predicted molar refractivity (Wildman–Crippen MR) is 71.7 cm³/mol. The first-order valence-corrected chi connectivity index (χ1v) is 8.01. The molecular formula is C11H19N2O6P. The standard InChI is InChI=1S/C11H19N2O6P/c12-11(14)8-2-1-5-13(6-8)10-4-3-9(19-10)7-18-20(15,16)17/h1,5-6,9-10,15-17,20H,2-4,7H2,(H2,12,14)/t9-,10+/m0/s1. The van der Waals surface area contributed by atoms with E-state index in [0.717, 1.165) is 0 Å². The number of hydrogen-bond acceptors (Lipinski definition) is 7. The van der Waals surface area contributed by atoms with Crippen LogP contribution < -0.4 is 5.73 Å². The van der Waals surface area contributed by atoms with Gasteiger partial charge in [0.05, 0.1) is 0 Å². The van der Waals surface area contributed by atoms with Gasteiger partial charge in [-0.3, -0.25) is 0 Å². The third-order valence-electron chi connectivity index (χ3n) is 3.12. The third-order valence-corrected chi connectivity index (χ3v) is 3.67. The molecule has 0 bridgehead atoms. The number of rotatable bonds is 5. The molecule has 2 atom stereocenters. The summed E-state index contributed by atoms with van der Waals surface area (Å²) in [6.45, 7) is -0.0871. The molecule has 9 heteroatoms. The molecule has 0 spiro atoms. The van der Waals surface area contributed by atoms with Crippen LogP contribution in [0.2, 0.25) is 0 Å². The van der Waals surface area contributed by atoms with Crippen LogP contribution >= 0.6 is 8.17 Å². The topological polar surface area (TPSA) is 125 Å². The van der Waals surface area contributed by atoms with Gasteiger partial charge < -0.3 is 0 Å². The Morgan fingerprint density at radius 3 is 2.90 bits per heavy atom. The molecule has 1 saturated heterocycles. The van der Waals surface area contributed by atoms with Crippen molar-refractivity contribution in [1.29, 1.82) is 0 Å². The molecule has 1 amide bonds. The Bertz CT molecular complexity index is 433. The van der Waals surface area contributed by atoms with E-state index < -0.39 is 14.1 Å². The molecule has 2 rings (SSSR count). The molecule has 1 fully saturated rings. The van der Waals surface area contributed by atoms with Crippen molar-refractivity contribution in [2.45, 2.75) is 31.6 Å². The molecule has 20 heavy (non-hydrogen) atoms. The molecule has 0 radical (unpaired) electrons. The number of allylic oxidation sites excluding steroid dienone is 1. The van der Waals surface area contributed by atoms with Gasteiger partial charge in [0, 0.05) is 0 Å². The van der Waals surface area contributed by atoms with Crippen molar-refractivity contribution in [3.05, 3.63) is 24.0 Å². The van der Waals surface area contributed by atoms with Gasteiger partial charge in [-0.15, -0.1) is 0 Å². The number of nitrogens with two attached hydrogens (primary N) is 1. The van der Waals surface area contributed by atoms with Crippen molar-refractivity contribution in [2.75, 3.05) is 6.61 Å². The molecule has 2 aliphatic rings. The number of primary amides is 1. The second kappa shape index (κ2) is 6.17. The fraction of sp³-hybridized carbons (Fsp3) is 0.545. The van der Waals surface area contributed by atoms with Crippen LogP contribution in [0.5, 0.6) is 0 Å². The van der Waals surface area contributed by atoms with Crippen molar-refractivity contribution in [3.63, 3.8) is 0 Å². The number of carbonyl (C=O) groups is 1. The van der Waals surface area contributed by atoms with Crippen LogP contribution in [0.15, 0.2) is 24.0 Å². The SMILES string of the molecule is NC(=O)C1=CN([C@H]2CC[C@@H](CO[PH](O)(O)O)O2)C=CC1. The van der Waals surface area contributed by atoms with Gasteiger partial charge in [-0.2, -0.15) is 0 Å². The molecule has 0 saturated carbocycles. The van der Waals surface area contributed by atoms with Crippen molar-refractivity contribution in [2.24, 2.45) is 5.73 Å². The predicted octanol–water partition coefficient (Wildman–Crippen LogP) is -0.517. The van der Waals surface area contributed by atoms with E-state index in [4.69, 9.17) is 25.2 Å². The van der Waals surface area contributed by atoms with E-state index >= 15 is 0 Å². The van der Waals surface area contributed by atoms with Gasteiger partial charge in [0.1, 0.15) is 0 Å². The normalized spacial score (nSPS) is 27.6. The van der Waals surface area contributed by atoms with E-state index in [1.165, 1.54) is 0 Å². The number of amides is 1. The van der Waals surface area contributed by atoms with E-state index in [2.05, 4.69) is 4.52 Å². The maximum atomic E-state index is 11.1. The van der Waals surface area contributed by atoms with Crippen molar-refractivity contribution < 1.29 is 28.7 Å². The average Bonchev–Trinajstić information content (AvgIpc) is 2.84. The van der Waals surface area contributed by atoms with Gasteiger partial charge >= 0.3 is 116 Å². The molecule has 0 unspecified atom stereocenters. The Kier molecular flexibility index (Phi) is 4.74. The van der Waals surface area contributed by atoms with Gasteiger partial charge in [0.2, 0.25) is 0 Å². The number of hydrogen-bond donors (Lipinski definition) is 4. The number of ether oxygens (including phenoxy) is 1. The van der Waals surface area contributed by atoms with Gasteiger partial charge in [0.25, 0.3) is 0 Å². The second-order valence-electron chi connectivity index (χ2n) is 4.73. The summed E-state index contributed by atoms with van der Waals surface area (Å²) >= 11 is 0. The van der Waals surface area contributed by atoms with Crippen molar-refractivity contribution in [3.8, 4) is 0 Å². The van der Waals surface area contributed by atoms with E-state index in [1.807, 2.05) is 12.3 Å². The van der Waals surface area contributed by atoms with Crippen molar-refractivity contribution >= 4 is 14.1 Å². The summed E-state index contributed by atoms with van der Waals surface area (Å²) in [5.74, 6) is -0.464. The Balaban J connectivity index is 1.88. The van der Waals surface area contributed by atoms with E-state index in [1.54, 1.807) is 11.1 Å². The van der Waals surface area contributed by atoms with Crippen LogP contribution in [0, 0.1) is 0 Å². The molecule has 114 valence electrons. The third kappa shape index (κ3) is 4.24. The van der Waals surface area contributed by atoms with Crippen LogP contribution in [0.25, 0.3) is 0 Å². The summed E-state index contributed by atoms with van der Waals surface area (Å²) in [5, 5.41) is 0. The summed E-state index contributed by atoms with van der Waals surface area (Å²) in [4.78, 5) is 39.2. The maximum absolute atomic E-state index is 11.1. The zero-order valence-corrected chi connectivity index (χ0v) is 11.8. The van der Waals surface area contributed by atoms with Gasteiger partial charge in [-0.05, 0) is 0 Å². The van der Waals surface area contributed by atoms with Crippen LogP contribution in [0.3, 0.4) is 0 Å². The van der Waals surface area contributed by atoms with E-state index in [-0.39, 0.29) is 18.9 Å². The van der Waals surface area contributed by atoms with Crippen LogP contribution in [0.1, 0.15) is 19.3 Å². The zero-order chi connectivity index (χ0) is 14.8. The first-order valence-electron chi connectivity index (χ1n) is 6.26. The average molecular weight is 306 g/mol. The number of carbonyl (C=O) groups excluding carboxylic acids is 1. The van der Waals surface area contributed by atoms with Gasteiger partial charge in [0.15, 0.2) is 0 Å². The second-order valence-corrected chi connectivity index (χ2v) is 6.17. The summed E-state index contributed by atoms with van der Waals surface area (Å²) in [6, 6.07) is 0. The van der Waals surface area contributed by atoms with E-state index in [9.17, 15) is 4.79 Å². The van der Waals surface area contributed by atoms with E-state index in [0.29, 0.717) is 24.8 Å². The first kappa shape index (κ1) is 15.4. The fourth-order valence-corrected chi connectivity index (χ4v) is 2.56. The first-order chi connectivity index (χ1) is 9.35. The molecule has 0 aromatic carbocycles. The van der Waals surface area contributed by atoms with Gasteiger partial charge in [-0.25, -0.2) is 0 Å². The summed E-state index contributed by atoms with van der Waals surface area (Å²) in [7, 11) is -4.49. The molecule has 2 aliphatic heterocycles. The van der Waals surface area contributed by atoms with Crippen LogP contribution in [-0.2, 0) is 14.1 Å². The minimum atomic E-state index is -4.49. The van der Waals surface area contributed by atoms with Gasteiger partial charge in [-0.1, -0.05) is 0 Å². The zero-order valence-electron chi connectivity index (χ0n) is 10.8. The summed E-state index contributed by atoms with van der Waals surface area (Å²) in [6.07, 6.45) is 6.53. The molecule has 2 heterocycles. The quantitative estimate of drug-likeness (QED) is 0.504. The Morgan fingerprint density at radius 1 is 1.50 bits per heavy atom.